The molecule has 1 amide bonds. The maximum Gasteiger partial charge on any atom is 0.251 e. The minimum atomic E-state index is -0.698. The first-order valence-corrected chi connectivity index (χ1v) is 8.03. The molecule has 1 aliphatic heterocycles. The van der Waals surface area contributed by atoms with Gasteiger partial charge in [0.2, 0.25) is 0 Å². The highest BCUT2D eigenvalue weighted by Gasteiger charge is 2.20. The van der Waals surface area contributed by atoms with E-state index in [2.05, 4.69) is 15.6 Å². The van der Waals surface area contributed by atoms with Gasteiger partial charge in [-0.25, -0.2) is 4.98 Å². The minimum absolute atomic E-state index is 0.0840. The van der Waals surface area contributed by atoms with E-state index < -0.39 is 10.8 Å². The van der Waals surface area contributed by atoms with Crippen molar-refractivity contribution in [3.8, 4) is 0 Å². The van der Waals surface area contributed by atoms with Gasteiger partial charge in [0.25, 0.3) is 5.91 Å². The van der Waals surface area contributed by atoms with Crippen LogP contribution in [-0.4, -0.2) is 39.2 Å². The molecule has 5 nitrogen and oxygen atoms in total. The fourth-order valence-electron chi connectivity index (χ4n) is 2.06. The summed E-state index contributed by atoms with van der Waals surface area (Å²) in [6.45, 7) is 2.75. The molecule has 0 aliphatic carbocycles. The third kappa shape index (κ3) is 4.02. The monoisotopic (exact) mass is 281 g/mol. The van der Waals surface area contributed by atoms with Crippen LogP contribution in [0.2, 0.25) is 0 Å². The second-order valence-corrected chi connectivity index (χ2v) is 6.25. The van der Waals surface area contributed by atoms with E-state index in [1.165, 1.54) is 0 Å². The summed E-state index contributed by atoms with van der Waals surface area (Å²) in [5, 5.41) is 6.08. The molecule has 1 aromatic rings. The molecular weight excluding hydrogens is 262 g/mol. The Balaban J connectivity index is 1.95. The maximum absolute atomic E-state index is 12.1. The second kappa shape index (κ2) is 6.65. The summed E-state index contributed by atoms with van der Waals surface area (Å²) in [6, 6.07) is 3.60. The Morgan fingerprint density at radius 1 is 1.47 bits per heavy atom. The number of nitrogens with zero attached hydrogens (tertiary/aromatic N) is 1. The van der Waals surface area contributed by atoms with Crippen molar-refractivity contribution < 1.29 is 9.00 Å². The first-order chi connectivity index (χ1) is 9.19. The number of rotatable bonds is 4. The van der Waals surface area contributed by atoms with Gasteiger partial charge in [-0.1, -0.05) is 0 Å². The molecule has 1 fully saturated rings. The first-order valence-electron chi connectivity index (χ1n) is 6.55. The molecule has 1 aromatic heterocycles. The van der Waals surface area contributed by atoms with Crippen LogP contribution in [0, 0.1) is 0 Å². The average Bonchev–Trinajstić information content (AvgIpc) is 2.42. The van der Waals surface area contributed by atoms with Crippen molar-refractivity contribution in [1.82, 2.24) is 10.3 Å². The molecule has 0 spiro atoms. The van der Waals surface area contributed by atoms with Gasteiger partial charge in [-0.05, 0) is 31.9 Å². The van der Waals surface area contributed by atoms with Crippen molar-refractivity contribution >= 4 is 22.5 Å². The summed E-state index contributed by atoms with van der Waals surface area (Å²) >= 11 is 0. The van der Waals surface area contributed by atoms with Crippen LogP contribution in [0.25, 0.3) is 0 Å². The molecule has 0 atom stereocenters. The Hall–Kier alpha value is -1.43. The molecule has 0 bridgehead atoms. The van der Waals surface area contributed by atoms with Gasteiger partial charge in [0, 0.05) is 46.7 Å². The van der Waals surface area contributed by atoms with E-state index in [4.69, 9.17) is 0 Å². The van der Waals surface area contributed by atoms with E-state index in [1.54, 1.807) is 18.3 Å². The molecule has 0 radical (unpaired) electrons. The lowest BCUT2D eigenvalue weighted by Crippen LogP contribution is -2.39. The zero-order valence-corrected chi connectivity index (χ0v) is 11.8. The molecular formula is C13H19N3O2S. The van der Waals surface area contributed by atoms with E-state index in [-0.39, 0.29) is 11.9 Å². The normalized spacial score (nSPS) is 22.8. The van der Waals surface area contributed by atoms with Crippen LogP contribution in [-0.2, 0) is 10.8 Å². The summed E-state index contributed by atoms with van der Waals surface area (Å²) in [6.07, 6.45) is 3.22. The lowest BCUT2D eigenvalue weighted by atomic mass is 10.1. The molecule has 0 aromatic carbocycles. The lowest BCUT2D eigenvalue weighted by molar-refractivity contribution is 0.0934. The maximum atomic E-state index is 12.1. The van der Waals surface area contributed by atoms with Gasteiger partial charge in [-0.15, -0.1) is 0 Å². The Morgan fingerprint density at radius 3 is 2.89 bits per heavy atom. The zero-order valence-electron chi connectivity index (χ0n) is 11.0. The van der Waals surface area contributed by atoms with Crippen molar-refractivity contribution in [3.63, 3.8) is 0 Å². The van der Waals surface area contributed by atoms with E-state index >= 15 is 0 Å². The summed E-state index contributed by atoms with van der Waals surface area (Å²) in [5.41, 5.74) is 0.609. The van der Waals surface area contributed by atoms with Crippen LogP contribution in [0.15, 0.2) is 18.3 Å². The van der Waals surface area contributed by atoms with E-state index in [0.29, 0.717) is 22.9 Å². The van der Waals surface area contributed by atoms with Crippen LogP contribution >= 0.6 is 0 Å². The van der Waals surface area contributed by atoms with Crippen molar-refractivity contribution in [2.75, 3.05) is 23.4 Å². The number of pyridine rings is 1. The average molecular weight is 281 g/mol. The lowest BCUT2D eigenvalue weighted by Gasteiger charge is -2.22. The van der Waals surface area contributed by atoms with Crippen molar-refractivity contribution in [2.45, 2.75) is 25.8 Å². The second-order valence-electron chi connectivity index (χ2n) is 4.56. The van der Waals surface area contributed by atoms with Crippen molar-refractivity contribution in [2.24, 2.45) is 0 Å². The molecule has 6 heteroatoms. The minimum Gasteiger partial charge on any atom is -0.370 e. The quantitative estimate of drug-likeness (QED) is 0.868. The van der Waals surface area contributed by atoms with Crippen LogP contribution in [0.3, 0.4) is 0 Å². The first kappa shape index (κ1) is 14.0. The molecule has 0 saturated carbocycles. The number of aromatic nitrogens is 1. The SMILES string of the molecule is CCNc1cc(C(=O)NC2CCS(=O)CC2)ccn1. The van der Waals surface area contributed by atoms with Crippen LogP contribution in [0.5, 0.6) is 0 Å². The Morgan fingerprint density at radius 2 is 2.21 bits per heavy atom. The Labute approximate surface area is 115 Å². The van der Waals surface area contributed by atoms with Gasteiger partial charge in [-0.2, -0.15) is 0 Å². The van der Waals surface area contributed by atoms with Crippen LogP contribution in [0.1, 0.15) is 30.1 Å². The third-order valence-electron chi connectivity index (χ3n) is 3.10. The molecule has 1 aliphatic rings. The van der Waals surface area contributed by atoms with E-state index in [1.807, 2.05) is 6.92 Å². The highest BCUT2D eigenvalue weighted by molar-refractivity contribution is 7.85. The smallest absolute Gasteiger partial charge is 0.251 e. The molecule has 1 saturated heterocycles. The van der Waals surface area contributed by atoms with Gasteiger partial charge in [0.15, 0.2) is 0 Å². The van der Waals surface area contributed by atoms with Crippen molar-refractivity contribution in [1.29, 1.82) is 0 Å². The topological polar surface area (TPSA) is 71.1 Å². The van der Waals surface area contributed by atoms with E-state index in [9.17, 15) is 9.00 Å². The van der Waals surface area contributed by atoms with Crippen LogP contribution in [0.4, 0.5) is 5.82 Å². The number of hydrogen-bond acceptors (Lipinski definition) is 4. The fraction of sp³-hybridized carbons (Fsp3) is 0.538. The molecule has 2 N–H and O–H groups in total. The molecule has 2 heterocycles. The Kier molecular flexibility index (Phi) is 4.90. The van der Waals surface area contributed by atoms with Gasteiger partial charge < -0.3 is 10.6 Å². The number of hydrogen-bond donors (Lipinski definition) is 2. The van der Waals surface area contributed by atoms with Gasteiger partial charge in [0.1, 0.15) is 5.82 Å². The van der Waals surface area contributed by atoms with Crippen molar-refractivity contribution in [3.05, 3.63) is 23.9 Å². The number of carbonyl (C=O) groups excluding carboxylic acids is 1. The highest BCUT2D eigenvalue weighted by atomic mass is 32.2. The largest absolute Gasteiger partial charge is 0.370 e. The fourth-order valence-corrected chi connectivity index (χ4v) is 3.36. The number of amides is 1. The van der Waals surface area contributed by atoms with Gasteiger partial charge in [0.05, 0.1) is 0 Å². The summed E-state index contributed by atoms with van der Waals surface area (Å²) in [5.74, 6) is 1.99. The molecule has 19 heavy (non-hydrogen) atoms. The zero-order chi connectivity index (χ0) is 13.7. The predicted molar refractivity (Wildman–Crippen MR) is 76.8 cm³/mol. The molecule has 0 unspecified atom stereocenters. The number of anilines is 1. The van der Waals surface area contributed by atoms with Gasteiger partial charge >= 0.3 is 0 Å². The summed E-state index contributed by atoms with van der Waals surface area (Å²) in [7, 11) is -0.698. The van der Waals surface area contributed by atoms with Gasteiger partial charge in [-0.3, -0.25) is 9.00 Å². The summed E-state index contributed by atoms with van der Waals surface area (Å²) < 4.78 is 11.3. The number of nitrogens with one attached hydrogen (secondary N) is 2. The Bertz CT molecular complexity index is 469. The number of carbonyl (C=O) groups is 1. The third-order valence-corrected chi connectivity index (χ3v) is 4.49. The highest BCUT2D eigenvalue weighted by Crippen LogP contribution is 2.11. The standard InChI is InChI=1S/C13H19N3O2S/c1-2-14-12-9-10(3-6-15-12)13(17)16-11-4-7-19(18)8-5-11/h3,6,9,11H,2,4-5,7-8H2,1H3,(H,14,15)(H,16,17). The van der Waals surface area contributed by atoms with Crippen LogP contribution < -0.4 is 10.6 Å². The molecule has 2 rings (SSSR count). The van der Waals surface area contributed by atoms with E-state index in [0.717, 1.165) is 19.4 Å². The molecule has 104 valence electrons. The predicted octanol–water partition coefficient (Wildman–Crippen LogP) is 1.15. The summed E-state index contributed by atoms with van der Waals surface area (Å²) in [4.78, 5) is 16.2.